The number of methoxy groups -OCH3 is 1. The highest BCUT2D eigenvalue weighted by Crippen LogP contribution is 2.21. The van der Waals surface area contributed by atoms with Crippen molar-refractivity contribution in [1.82, 2.24) is 20.0 Å². The van der Waals surface area contributed by atoms with Gasteiger partial charge in [-0.1, -0.05) is 20.8 Å². The predicted octanol–water partition coefficient (Wildman–Crippen LogP) is 1.32. The molecule has 0 bridgehead atoms. The molecule has 0 spiro atoms. The van der Waals surface area contributed by atoms with Crippen LogP contribution in [0, 0.1) is 5.41 Å². The molecular weight excluding hydrogens is 447 g/mol. The van der Waals surface area contributed by atoms with Crippen LogP contribution in [0.25, 0.3) is 0 Å². The van der Waals surface area contributed by atoms with Crippen molar-refractivity contribution in [1.29, 1.82) is 0 Å². The summed E-state index contributed by atoms with van der Waals surface area (Å²) >= 11 is 0. The van der Waals surface area contributed by atoms with E-state index in [4.69, 9.17) is 4.74 Å². The van der Waals surface area contributed by atoms with Crippen molar-refractivity contribution in [3.05, 3.63) is 12.4 Å². The summed E-state index contributed by atoms with van der Waals surface area (Å²) in [7, 11) is 5.30. The number of rotatable bonds is 4. The number of hydrogen-bond donors (Lipinski definition) is 1. The first-order valence-electron chi connectivity index (χ1n) is 8.53. The number of nitrogens with zero attached hydrogens (tertiary/aromatic N) is 5. The zero-order chi connectivity index (χ0) is 18.6. The third-order valence-electron chi connectivity index (χ3n) is 4.43. The number of guanidine groups is 1. The largest absolute Gasteiger partial charge is 0.379 e. The van der Waals surface area contributed by atoms with Crippen LogP contribution < -0.4 is 10.2 Å². The Morgan fingerprint density at radius 1 is 1.42 bits per heavy atom. The lowest BCUT2D eigenvalue weighted by molar-refractivity contribution is -0.120. The summed E-state index contributed by atoms with van der Waals surface area (Å²) in [5, 5.41) is 7.48. The van der Waals surface area contributed by atoms with Crippen LogP contribution in [-0.4, -0.2) is 73.0 Å². The summed E-state index contributed by atoms with van der Waals surface area (Å²) in [5.74, 6) is 0.770. The number of aliphatic imine (C=N–C) groups is 1. The van der Waals surface area contributed by atoms with Crippen molar-refractivity contribution >= 4 is 41.5 Å². The summed E-state index contributed by atoms with van der Waals surface area (Å²) in [5.41, 5.74) is 0.859. The van der Waals surface area contributed by atoms with Crippen LogP contribution in [0.15, 0.2) is 17.4 Å². The van der Waals surface area contributed by atoms with Crippen LogP contribution in [-0.2, 0) is 16.6 Å². The van der Waals surface area contributed by atoms with Crippen LogP contribution in [0.3, 0.4) is 0 Å². The minimum absolute atomic E-state index is 0. The Bertz CT molecular complexity index is 625. The van der Waals surface area contributed by atoms with Crippen molar-refractivity contribution < 1.29 is 9.53 Å². The van der Waals surface area contributed by atoms with E-state index in [-0.39, 0.29) is 41.4 Å². The molecule has 1 unspecified atom stereocenters. The third-order valence-corrected chi connectivity index (χ3v) is 4.43. The number of carbonyl (C=O) groups is 1. The highest BCUT2D eigenvalue weighted by molar-refractivity contribution is 14.0. The van der Waals surface area contributed by atoms with Gasteiger partial charge in [0.25, 0.3) is 0 Å². The van der Waals surface area contributed by atoms with Crippen LogP contribution >= 0.6 is 24.0 Å². The normalized spacial score (nSPS) is 17.2. The molecule has 1 fully saturated rings. The summed E-state index contributed by atoms with van der Waals surface area (Å²) < 4.78 is 7.28. The van der Waals surface area contributed by atoms with E-state index in [2.05, 4.69) is 36.2 Å². The zero-order valence-corrected chi connectivity index (χ0v) is 18.9. The van der Waals surface area contributed by atoms with Gasteiger partial charge in [-0.15, -0.1) is 24.0 Å². The minimum Gasteiger partial charge on any atom is -0.379 e. The number of aromatic nitrogens is 2. The average molecular weight is 478 g/mol. The summed E-state index contributed by atoms with van der Waals surface area (Å²) in [6.07, 6.45) is 3.62. The second-order valence-electron chi connectivity index (χ2n) is 7.36. The van der Waals surface area contributed by atoms with Crippen LogP contribution in [0.2, 0.25) is 0 Å². The highest BCUT2D eigenvalue weighted by atomic mass is 127. The molecule has 0 aliphatic carbocycles. The maximum Gasteiger partial charge on any atom is 0.246 e. The van der Waals surface area contributed by atoms with Gasteiger partial charge < -0.3 is 19.9 Å². The van der Waals surface area contributed by atoms with E-state index >= 15 is 0 Å². The number of amides is 1. The van der Waals surface area contributed by atoms with Gasteiger partial charge in [0, 0.05) is 47.0 Å². The SMILES string of the molecule is CN=C(NCC(OC)C(C)(C)C)N1CCN(c2cnn(C)c2)C(=O)C1.I. The Balaban J connectivity index is 0.00000338. The number of carbonyl (C=O) groups excluding carboxylic acids is 1. The van der Waals surface area contributed by atoms with Crippen LogP contribution in [0.5, 0.6) is 0 Å². The standard InChI is InChI=1S/C17H30N6O2.HI/c1-17(2,3)14(25-6)10-19-16(18-4)22-7-8-23(15(24)12-22)13-9-20-21(5)11-13;/h9,11,14H,7-8,10,12H2,1-6H3,(H,18,19);1H. The van der Waals surface area contributed by atoms with E-state index in [1.54, 1.807) is 29.9 Å². The number of halogens is 1. The van der Waals surface area contributed by atoms with Gasteiger partial charge >= 0.3 is 0 Å². The second-order valence-corrected chi connectivity index (χ2v) is 7.36. The van der Waals surface area contributed by atoms with Gasteiger partial charge in [-0.05, 0) is 5.41 Å². The first kappa shape index (κ1) is 22.7. The van der Waals surface area contributed by atoms with Gasteiger partial charge in [0.15, 0.2) is 5.96 Å². The third kappa shape index (κ3) is 5.57. The molecule has 148 valence electrons. The maximum absolute atomic E-state index is 12.5. The molecule has 26 heavy (non-hydrogen) atoms. The molecule has 1 N–H and O–H groups in total. The van der Waals surface area contributed by atoms with Gasteiger partial charge in [0.2, 0.25) is 5.91 Å². The molecule has 1 atom stereocenters. The smallest absolute Gasteiger partial charge is 0.246 e. The summed E-state index contributed by atoms with van der Waals surface area (Å²) in [6, 6.07) is 0. The van der Waals surface area contributed by atoms with Gasteiger partial charge in [-0.25, -0.2) is 0 Å². The van der Waals surface area contributed by atoms with Crippen molar-refractivity contribution in [3.63, 3.8) is 0 Å². The molecule has 1 aliphatic heterocycles. The lowest BCUT2D eigenvalue weighted by Gasteiger charge is -2.36. The van der Waals surface area contributed by atoms with E-state index < -0.39 is 0 Å². The summed E-state index contributed by atoms with van der Waals surface area (Å²) in [4.78, 5) is 20.6. The number of ether oxygens (including phenoxy) is 1. The predicted molar refractivity (Wildman–Crippen MR) is 114 cm³/mol. The molecule has 0 aromatic carbocycles. The minimum atomic E-state index is 0. The van der Waals surface area contributed by atoms with Crippen molar-refractivity contribution in [3.8, 4) is 0 Å². The fourth-order valence-electron chi connectivity index (χ4n) is 2.93. The molecule has 0 saturated carbocycles. The molecule has 2 heterocycles. The summed E-state index contributed by atoms with van der Waals surface area (Å²) in [6.45, 7) is 8.68. The van der Waals surface area contributed by atoms with Gasteiger partial charge in [0.1, 0.15) is 6.54 Å². The molecule has 1 aliphatic rings. The Morgan fingerprint density at radius 2 is 2.12 bits per heavy atom. The van der Waals surface area contributed by atoms with Gasteiger partial charge in [-0.2, -0.15) is 5.10 Å². The van der Waals surface area contributed by atoms with E-state index in [0.717, 1.165) is 11.6 Å². The lowest BCUT2D eigenvalue weighted by atomic mass is 9.89. The molecule has 0 radical (unpaired) electrons. The molecule has 1 amide bonds. The zero-order valence-electron chi connectivity index (χ0n) is 16.5. The maximum atomic E-state index is 12.5. The van der Waals surface area contributed by atoms with E-state index in [0.29, 0.717) is 26.2 Å². The Hall–Kier alpha value is -1.36. The monoisotopic (exact) mass is 478 g/mol. The number of aryl methyl sites for hydroxylation is 1. The first-order valence-corrected chi connectivity index (χ1v) is 8.53. The van der Waals surface area contributed by atoms with E-state index in [9.17, 15) is 4.79 Å². The molecular formula is C17H31IN6O2. The van der Waals surface area contributed by atoms with Crippen LogP contribution in [0.4, 0.5) is 5.69 Å². The van der Waals surface area contributed by atoms with Gasteiger partial charge in [0.05, 0.1) is 18.0 Å². The van der Waals surface area contributed by atoms with E-state index in [1.165, 1.54) is 0 Å². The average Bonchev–Trinajstić information content (AvgIpc) is 2.96. The van der Waals surface area contributed by atoms with Crippen molar-refractivity contribution in [2.75, 3.05) is 45.2 Å². The number of piperazine rings is 1. The molecule has 9 heteroatoms. The Morgan fingerprint density at radius 3 is 2.58 bits per heavy atom. The molecule has 1 saturated heterocycles. The quantitative estimate of drug-likeness (QED) is 0.402. The number of nitrogens with one attached hydrogen (secondary N) is 1. The number of anilines is 1. The van der Waals surface area contributed by atoms with E-state index in [1.807, 2.05) is 18.1 Å². The molecule has 8 nitrogen and oxygen atoms in total. The topological polar surface area (TPSA) is 75.0 Å². The van der Waals surface area contributed by atoms with Crippen molar-refractivity contribution in [2.24, 2.45) is 17.5 Å². The lowest BCUT2D eigenvalue weighted by Crippen LogP contribution is -2.56. The first-order chi connectivity index (χ1) is 11.8. The molecule has 1 aromatic rings. The fourth-order valence-corrected chi connectivity index (χ4v) is 2.93. The van der Waals surface area contributed by atoms with Crippen LogP contribution in [0.1, 0.15) is 20.8 Å². The molecule has 2 rings (SSSR count). The Labute approximate surface area is 173 Å². The highest BCUT2D eigenvalue weighted by Gasteiger charge is 2.29. The van der Waals surface area contributed by atoms with Gasteiger partial charge in [-0.3, -0.25) is 14.5 Å². The Kier molecular flexibility index (Phi) is 8.32. The fraction of sp³-hybridized carbons (Fsp3) is 0.706. The number of hydrogen-bond acceptors (Lipinski definition) is 4. The molecule has 1 aromatic heterocycles. The second kappa shape index (κ2) is 9.54. The van der Waals surface area contributed by atoms with Crippen molar-refractivity contribution in [2.45, 2.75) is 26.9 Å².